The second-order valence-corrected chi connectivity index (χ2v) is 6.88. The van der Waals surface area contributed by atoms with Crippen LogP contribution in [0.25, 0.3) is 0 Å². The standard InChI is InChI=1S/C20H23N3O3/c1-15-7-8-18(23(25)26)12-19(15)21-20(24)11-17-9-10-22(14-17)13-16-5-3-2-4-6-16/h2-8,12,17H,9-11,13-14H2,1H3,(H,21,24). The molecular weight excluding hydrogens is 330 g/mol. The highest BCUT2D eigenvalue weighted by Gasteiger charge is 2.25. The molecule has 1 fully saturated rings. The van der Waals surface area contributed by atoms with Crippen LogP contribution in [0, 0.1) is 23.0 Å². The van der Waals surface area contributed by atoms with E-state index in [1.165, 1.54) is 17.7 Å². The third-order valence-corrected chi connectivity index (χ3v) is 4.80. The van der Waals surface area contributed by atoms with Crippen LogP contribution >= 0.6 is 0 Å². The van der Waals surface area contributed by atoms with E-state index in [-0.39, 0.29) is 11.6 Å². The minimum atomic E-state index is -0.451. The van der Waals surface area contributed by atoms with Crippen LogP contribution in [-0.2, 0) is 11.3 Å². The van der Waals surface area contributed by atoms with E-state index in [0.29, 0.717) is 18.0 Å². The lowest BCUT2D eigenvalue weighted by Gasteiger charge is -2.16. The number of amides is 1. The summed E-state index contributed by atoms with van der Waals surface area (Å²) in [5, 5.41) is 13.7. The van der Waals surface area contributed by atoms with Gasteiger partial charge in [0.25, 0.3) is 5.69 Å². The maximum Gasteiger partial charge on any atom is 0.271 e. The summed E-state index contributed by atoms with van der Waals surface area (Å²) < 4.78 is 0. The fourth-order valence-electron chi connectivity index (χ4n) is 3.39. The third kappa shape index (κ3) is 4.67. The van der Waals surface area contributed by atoms with Crippen LogP contribution in [-0.4, -0.2) is 28.8 Å². The predicted molar refractivity (Wildman–Crippen MR) is 101 cm³/mol. The molecule has 26 heavy (non-hydrogen) atoms. The van der Waals surface area contributed by atoms with E-state index in [1.54, 1.807) is 6.07 Å². The van der Waals surface area contributed by atoms with Crippen molar-refractivity contribution in [3.63, 3.8) is 0 Å². The molecule has 6 nitrogen and oxygen atoms in total. The van der Waals surface area contributed by atoms with Crippen molar-refractivity contribution in [3.8, 4) is 0 Å². The summed E-state index contributed by atoms with van der Waals surface area (Å²) >= 11 is 0. The SMILES string of the molecule is Cc1ccc([N+](=O)[O-])cc1NC(=O)CC1CCN(Cc2ccccc2)C1. The summed E-state index contributed by atoms with van der Waals surface area (Å²) in [6.07, 6.45) is 1.43. The highest BCUT2D eigenvalue weighted by atomic mass is 16.6. The van der Waals surface area contributed by atoms with Gasteiger partial charge in [-0.1, -0.05) is 36.4 Å². The summed E-state index contributed by atoms with van der Waals surface area (Å²) in [7, 11) is 0. The maximum absolute atomic E-state index is 12.4. The number of benzene rings is 2. The largest absolute Gasteiger partial charge is 0.326 e. The van der Waals surface area contributed by atoms with Gasteiger partial charge in [-0.15, -0.1) is 0 Å². The van der Waals surface area contributed by atoms with Gasteiger partial charge >= 0.3 is 0 Å². The molecule has 0 saturated carbocycles. The van der Waals surface area contributed by atoms with E-state index < -0.39 is 4.92 Å². The molecule has 1 aliphatic heterocycles. The molecule has 3 rings (SSSR count). The number of anilines is 1. The average molecular weight is 353 g/mol. The van der Waals surface area contributed by atoms with Crippen LogP contribution in [0.3, 0.4) is 0 Å². The molecule has 2 aromatic carbocycles. The number of nitrogens with one attached hydrogen (secondary N) is 1. The molecule has 1 aliphatic rings. The number of aryl methyl sites for hydroxylation is 1. The number of carbonyl (C=O) groups is 1. The molecule has 0 radical (unpaired) electrons. The Kier molecular flexibility index (Phi) is 5.63. The highest BCUT2D eigenvalue weighted by Crippen LogP contribution is 2.25. The normalized spacial score (nSPS) is 17.2. The van der Waals surface area contributed by atoms with E-state index in [2.05, 4.69) is 22.3 Å². The second-order valence-electron chi connectivity index (χ2n) is 6.88. The van der Waals surface area contributed by atoms with Crippen LogP contribution in [0.1, 0.15) is 24.0 Å². The van der Waals surface area contributed by atoms with Crippen LogP contribution in [0.2, 0.25) is 0 Å². The van der Waals surface area contributed by atoms with E-state index in [0.717, 1.165) is 31.6 Å². The van der Waals surface area contributed by atoms with Gasteiger partial charge in [-0.25, -0.2) is 0 Å². The Bertz CT molecular complexity index is 792. The number of hydrogen-bond donors (Lipinski definition) is 1. The average Bonchev–Trinajstić information content (AvgIpc) is 3.04. The molecule has 2 aromatic rings. The lowest BCUT2D eigenvalue weighted by Crippen LogP contribution is -2.22. The Morgan fingerprint density at radius 2 is 2.04 bits per heavy atom. The number of nitro benzene ring substituents is 1. The van der Waals surface area contributed by atoms with Crippen molar-refractivity contribution >= 4 is 17.3 Å². The van der Waals surface area contributed by atoms with E-state index >= 15 is 0 Å². The number of likely N-dealkylation sites (tertiary alicyclic amines) is 1. The van der Waals surface area contributed by atoms with Crippen molar-refractivity contribution in [2.75, 3.05) is 18.4 Å². The summed E-state index contributed by atoms with van der Waals surface area (Å²) in [6, 6.07) is 14.8. The predicted octanol–water partition coefficient (Wildman–Crippen LogP) is 3.75. The number of nitrogens with zero attached hydrogens (tertiary/aromatic N) is 2. The molecular formula is C20H23N3O3. The van der Waals surface area contributed by atoms with Crippen molar-refractivity contribution in [3.05, 3.63) is 69.8 Å². The minimum absolute atomic E-state index is 0.0131. The number of carbonyl (C=O) groups excluding carboxylic acids is 1. The smallest absolute Gasteiger partial charge is 0.271 e. The summed E-state index contributed by atoms with van der Waals surface area (Å²) in [4.78, 5) is 25.2. The molecule has 1 saturated heterocycles. The van der Waals surface area contributed by atoms with Crippen LogP contribution in [0.5, 0.6) is 0 Å². The minimum Gasteiger partial charge on any atom is -0.326 e. The Labute approximate surface area is 153 Å². The molecule has 0 aliphatic carbocycles. The van der Waals surface area contributed by atoms with Crippen molar-refractivity contribution in [2.45, 2.75) is 26.3 Å². The fourth-order valence-corrected chi connectivity index (χ4v) is 3.39. The zero-order chi connectivity index (χ0) is 18.5. The first-order valence-corrected chi connectivity index (χ1v) is 8.82. The van der Waals surface area contributed by atoms with Gasteiger partial charge in [0.2, 0.25) is 5.91 Å². The molecule has 136 valence electrons. The van der Waals surface area contributed by atoms with Gasteiger partial charge in [-0.3, -0.25) is 19.8 Å². The number of hydrogen-bond acceptors (Lipinski definition) is 4. The van der Waals surface area contributed by atoms with Crippen molar-refractivity contribution in [2.24, 2.45) is 5.92 Å². The maximum atomic E-state index is 12.4. The van der Waals surface area contributed by atoms with Gasteiger partial charge in [-0.2, -0.15) is 0 Å². The quantitative estimate of drug-likeness (QED) is 0.634. The van der Waals surface area contributed by atoms with Gasteiger partial charge in [0.15, 0.2) is 0 Å². The number of rotatable bonds is 6. The second kappa shape index (κ2) is 8.10. The molecule has 6 heteroatoms. The molecule has 1 amide bonds. The molecule has 1 N–H and O–H groups in total. The zero-order valence-electron chi connectivity index (χ0n) is 14.9. The Morgan fingerprint density at radius 1 is 1.27 bits per heavy atom. The van der Waals surface area contributed by atoms with Crippen molar-refractivity contribution in [1.29, 1.82) is 0 Å². The highest BCUT2D eigenvalue weighted by molar-refractivity contribution is 5.92. The number of non-ortho nitro benzene ring substituents is 1. The van der Waals surface area contributed by atoms with Crippen molar-refractivity contribution < 1.29 is 9.72 Å². The molecule has 0 bridgehead atoms. The summed E-state index contributed by atoms with van der Waals surface area (Å²) in [5.41, 5.74) is 2.61. The topological polar surface area (TPSA) is 75.5 Å². The molecule has 1 unspecified atom stereocenters. The molecule has 0 aromatic heterocycles. The van der Waals surface area contributed by atoms with Crippen LogP contribution in [0.4, 0.5) is 11.4 Å². The van der Waals surface area contributed by atoms with E-state index in [1.807, 2.05) is 25.1 Å². The first-order valence-electron chi connectivity index (χ1n) is 8.82. The first-order chi connectivity index (χ1) is 12.5. The zero-order valence-corrected chi connectivity index (χ0v) is 14.9. The van der Waals surface area contributed by atoms with Gasteiger partial charge in [0, 0.05) is 31.6 Å². The van der Waals surface area contributed by atoms with Crippen LogP contribution < -0.4 is 5.32 Å². The third-order valence-electron chi connectivity index (χ3n) is 4.80. The van der Waals surface area contributed by atoms with E-state index in [4.69, 9.17) is 0 Å². The molecule has 1 atom stereocenters. The molecule has 1 heterocycles. The van der Waals surface area contributed by atoms with E-state index in [9.17, 15) is 14.9 Å². The Morgan fingerprint density at radius 3 is 2.77 bits per heavy atom. The first kappa shape index (κ1) is 18.1. The summed E-state index contributed by atoms with van der Waals surface area (Å²) in [6.45, 7) is 4.62. The lowest BCUT2D eigenvalue weighted by molar-refractivity contribution is -0.384. The Balaban J connectivity index is 1.53. The fraction of sp³-hybridized carbons (Fsp3) is 0.350. The lowest BCUT2D eigenvalue weighted by atomic mass is 10.0. The molecule has 0 spiro atoms. The van der Waals surface area contributed by atoms with Gasteiger partial charge in [-0.05, 0) is 36.9 Å². The van der Waals surface area contributed by atoms with Crippen LogP contribution in [0.15, 0.2) is 48.5 Å². The number of nitro groups is 1. The summed E-state index contributed by atoms with van der Waals surface area (Å²) in [5.74, 6) is 0.234. The van der Waals surface area contributed by atoms with Crippen molar-refractivity contribution in [1.82, 2.24) is 4.90 Å². The monoisotopic (exact) mass is 353 g/mol. The van der Waals surface area contributed by atoms with Gasteiger partial charge in [0.1, 0.15) is 0 Å². The van der Waals surface area contributed by atoms with Gasteiger partial charge < -0.3 is 5.32 Å². The Hall–Kier alpha value is -2.73. The van der Waals surface area contributed by atoms with Gasteiger partial charge in [0.05, 0.1) is 10.6 Å².